The van der Waals surface area contributed by atoms with Crippen molar-refractivity contribution in [2.75, 3.05) is 31.6 Å². The number of aliphatic hydroxyl groups excluding tert-OH is 1. The molecule has 3 aromatic heterocycles. The number of rotatable bonds is 8. The van der Waals surface area contributed by atoms with Crippen LogP contribution in [0.1, 0.15) is 54.9 Å². The fourth-order valence-corrected chi connectivity index (χ4v) is 7.32. The van der Waals surface area contributed by atoms with Crippen molar-refractivity contribution in [2.45, 2.75) is 69.1 Å². The number of nitrogens with two attached hydrogens (primary N) is 1. The Morgan fingerprint density at radius 1 is 1.24 bits per heavy atom. The summed E-state index contributed by atoms with van der Waals surface area (Å²) >= 11 is 1.66. The second-order valence-corrected chi connectivity index (χ2v) is 11.3. The molecule has 3 aliphatic rings. The van der Waals surface area contributed by atoms with Crippen LogP contribution in [0.15, 0.2) is 22.9 Å². The van der Waals surface area contributed by atoms with Gasteiger partial charge in [-0.15, -0.1) is 11.3 Å². The molecule has 2 fully saturated rings. The highest BCUT2D eigenvalue weighted by Gasteiger charge is 2.34. The first-order valence-corrected chi connectivity index (χ1v) is 14.0. The minimum absolute atomic E-state index is 0.0433. The van der Waals surface area contributed by atoms with Crippen molar-refractivity contribution < 1.29 is 23.9 Å². The Balaban J connectivity index is 1.27. The Bertz CT molecular complexity index is 1230. The predicted octanol–water partition coefficient (Wildman–Crippen LogP) is 3.32. The first kappa shape index (κ1) is 24.6. The van der Waals surface area contributed by atoms with Gasteiger partial charge in [0.1, 0.15) is 28.8 Å². The molecule has 10 nitrogen and oxygen atoms in total. The van der Waals surface area contributed by atoms with Crippen LogP contribution in [0.2, 0.25) is 0 Å². The Hall–Kier alpha value is -2.73. The van der Waals surface area contributed by atoms with Crippen LogP contribution in [0.25, 0.3) is 10.2 Å². The number of fused-ring (bicyclic) bond motifs is 3. The molecule has 37 heavy (non-hydrogen) atoms. The van der Waals surface area contributed by atoms with E-state index in [9.17, 15) is 9.90 Å². The molecule has 0 spiro atoms. The second kappa shape index (κ2) is 10.6. The van der Waals surface area contributed by atoms with Gasteiger partial charge in [0, 0.05) is 36.1 Å². The molecule has 1 amide bonds. The summed E-state index contributed by atoms with van der Waals surface area (Å²) in [5.74, 6) is 1.38. The van der Waals surface area contributed by atoms with Crippen LogP contribution in [-0.2, 0) is 16.0 Å². The number of hydrogen-bond donors (Lipinski definition) is 3. The molecule has 0 aromatic carbocycles. The van der Waals surface area contributed by atoms with Crippen LogP contribution < -0.4 is 15.8 Å². The molecule has 0 unspecified atom stereocenters. The van der Waals surface area contributed by atoms with Gasteiger partial charge >= 0.3 is 0 Å². The first-order chi connectivity index (χ1) is 18.0. The minimum Gasteiger partial charge on any atom is -0.490 e. The zero-order valence-corrected chi connectivity index (χ0v) is 21.5. The van der Waals surface area contributed by atoms with Gasteiger partial charge in [-0.1, -0.05) is 5.16 Å². The summed E-state index contributed by atoms with van der Waals surface area (Å²) in [6, 6.07) is 4.28. The molecule has 0 radical (unpaired) electrons. The molecule has 1 saturated heterocycles. The smallest absolute Gasteiger partial charge is 0.246 e. The van der Waals surface area contributed by atoms with Crippen molar-refractivity contribution in [1.82, 2.24) is 15.0 Å². The van der Waals surface area contributed by atoms with Crippen LogP contribution >= 0.6 is 11.3 Å². The SMILES string of the molecule is NC(=O)[C@@H](O)C[C@H]1CCc2sc3nc(Nc4ccon4)cc(OC4CCC(N5CCOCC5)CC4)c3c21. The van der Waals surface area contributed by atoms with Crippen LogP contribution in [0.4, 0.5) is 11.6 Å². The van der Waals surface area contributed by atoms with Crippen LogP contribution in [0.3, 0.4) is 0 Å². The first-order valence-electron chi connectivity index (χ1n) is 13.1. The number of thiophene rings is 1. The Morgan fingerprint density at radius 2 is 2.05 bits per heavy atom. The van der Waals surface area contributed by atoms with E-state index >= 15 is 0 Å². The van der Waals surface area contributed by atoms with Gasteiger partial charge in [0.2, 0.25) is 5.91 Å². The number of nitrogens with zero attached hydrogens (tertiary/aromatic N) is 3. The average Bonchev–Trinajstić information content (AvgIpc) is 3.63. The topological polar surface area (TPSA) is 136 Å². The van der Waals surface area contributed by atoms with E-state index in [1.54, 1.807) is 17.4 Å². The lowest BCUT2D eigenvalue weighted by molar-refractivity contribution is -0.126. The van der Waals surface area contributed by atoms with E-state index in [0.29, 0.717) is 24.1 Å². The summed E-state index contributed by atoms with van der Waals surface area (Å²) in [7, 11) is 0. The predicted molar refractivity (Wildman–Crippen MR) is 139 cm³/mol. The van der Waals surface area contributed by atoms with Crippen LogP contribution in [-0.4, -0.2) is 70.6 Å². The third kappa shape index (κ3) is 5.18. The Kier molecular flexibility index (Phi) is 7.02. The molecule has 2 atom stereocenters. The molecule has 198 valence electrons. The molecule has 3 aromatic rings. The zero-order valence-electron chi connectivity index (χ0n) is 20.7. The molecule has 4 heterocycles. The van der Waals surface area contributed by atoms with Gasteiger partial charge in [0.25, 0.3) is 0 Å². The number of amides is 1. The van der Waals surface area contributed by atoms with Crippen molar-refractivity contribution in [1.29, 1.82) is 0 Å². The van der Waals surface area contributed by atoms with Crippen LogP contribution in [0, 0.1) is 0 Å². The number of ether oxygens (including phenoxy) is 2. The third-order valence-electron chi connectivity index (χ3n) is 7.90. The summed E-state index contributed by atoms with van der Waals surface area (Å²) < 4.78 is 17.2. The monoisotopic (exact) mass is 527 g/mol. The van der Waals surface area contributed by atoms with Crippen molar-refractivity contribution >= 4 is 39.1 Å². The lowest BCUT2D eigenvalue weighted by Gasteiger charge is -2.38. The van der Waals surface area contributed by atoms with Gasteiger partial charge in [-0.2, -0.15) is 0 Å². The largest absolute Gasteiger partial charge is 0.490 e. The average molecular weight is 528 g/mol. The number of hydrogen-bond acceptors (Lipinski definition) is 10. The molecule has 11 heteroatoms. The maximum Gasteiger partial charge on any atom is 0.246 e. The number of carbonyl (C=O) groups is 1. The summed E-state index contributed by atoms with van der Waals surface area (Å²) in [5, 5.41) is 18.4. The molecular formula is C26H33N5O5S. The van der Waals surface area contributed by atoms with E-state index < -0.39 is 12.0 Å². The lowest BCUT2D eigenvalue weighted by atomic mass is 9.91. The van der Waals surface area contributed by atoms with E-state index in [0.717, 1.165) is 86.4 Å². The van der Waals surface area contributed by atoms with Gasteiger partial charge in [-0.3, -0.25) is 9.69 Å². The van der Waals surface area contributed by atoms with Gasteiger partial charge < -0.3 is 30.2 Å². The highest BCUT2D eigenvalue weighted by molar-refractivity contribution is 7.19. The summed E-state index contributed by atoms with van der Waals surface area (Å²) in [4.78, 5) is 21.1. The number of primary amides is 1. The van der Waals surface area contributed by atoms with Crippen molar-refractivity contribution in [2.24, 2.45) is 5.73 Å². The molecule has 2 aliphatic carbocycles. The molecule has 0 bridgehead atoms. The molecule has 4 N–H and O–H groups in total. The molecule has 1 saturated carbocycles. The number of aliphatic hydroxyl groups is 1. The summed E-state index contributed by atoms with van der Waals surface area (Å²) in [5.41, 5.74) is 6.52. The van der Waals surface area contributed by atoms with Crippen molar-refractivity contribution in [3.05, 3.63) is 28.8 Å². The number of anilines is 2. The molecule has 1 aliphatic heterocycles. The number of aromatic nitrogens is 2. The van der Waals surface area contributed by atoms with E-state index in [1.165, 1.54) is 11.1 Å². The molecular weight excluding hydrogens is 494 g/mol. The normalized spacial score (nSPS) is 25.2. The Morgan fingerprint density at radius 3 is 2.78 bits per heavy atom. The summed E-state index contributed by atoms with van der Waals surface area (Å²) in [6.07, 6.45) is 6.77. The van der Waals surface area contributed by atoms with E-state index in [4.69, 9.17) is 24.7 Å². The second-order valence-electron chi connectivity index (χ2n) is 10.2. The highest BCUT2D eigenvalue weighted by Crippen LogP contribution is 2.49. The zero-order chi connectivity index (χ0) is 25.4. The fraction of sp³-hybridized carbons (Fsp3) is 0.577. The quantitative estimate of drug-likeness (QED) is 0.403. The number of aryl methyl sites for hydroxylation is 1. The lowest BCUT2D eigenvalue weighted by Crippen LogP contribution is -2.46. The third-order valence-corrected chi connectivity index (χ3v) is 9.06. The number of morpholine rings is 1. The van der Waals surface area contributed by atoms with Gasteiger partial charge in [-0.25, -0.2) is 4.98 Å². The minimum atomic E-state index is -1.16. The van der Waals surface area contributed by atoms with Gasteiger partial charge in [-0.05, 0) is 56.4 Å². The maximum atomic E-state index is 11.6. The van der Waals surface area contributed by atoms with Crippen molar-refractivity contribution in [3.8, 4) is 5.75 Å². The highest BCUT2D eigenvalue weighted by atomic mass is 32.1. The summed E-state index contributed by atoms with van der Waals surface area (Å²) in [6.45, 7) is 3.67. The Labute approximate surface area is 219 Å². The molecule has 6 rings (SSSR count). The van der Waals surface area contributed by atoms with E-state index in [2.05, 4.69) is 15.4 Å². The fourth-order valence-electron chi connectivity index (χ4n) is 6.04. The van der Waals surface area contributed by atoms with E-state index in [-0.39, 0.29) is 12.0 Å². The number of pyridine rings is 1. The van der Waals surface area contributed by atoms with Gasteiger partial charge in [0.05, 0.1) is 24.7 Å². The van der Waals surface area contributed by atoms with Crippen LogP contribution in [0.5, 0.6) is 5.75 Å². The van der Waals surface area contributed by atoms with Gasteiger partial charge in [0.15, 0.2) is 5.82 Å². The number of nitrogens with one attached hydrogen (secondary N) is 1. The van der Waals surface area contributed by atoms with E-state index in [1.807, 2.05) is 6.07 Å². The maximum absolute atomic E-state index is 11.6. The standard InChI is InChI=1S/C26H33N5O5S/c27-25(33)18(32)13-15-1-6-20-23(15)24-19(14-22(29-26(24)37-20)28-21-7-10-35-30-21)36-17-4-2-16(3-5-17)31-8-11-34-12-9-31/h7,10,14-18,32H,1-6,8-9,11-13H2,(H2,27,33)(H,28,29,30)/t15-,16?,17?,18+/m1/s1. The van der Waals surface area contributed by atoms with Crippen molar-refractivity contribution in [3.63, 3.8) is 0 Å². The number of carbonyl (C=O) groups excluding carboxylic acids is 1.